The van der Waals surface area contributed by atoms with Gasteiger partial charge in [-0.15, -0.1) is 11.3 Å². The first-order valence-corrected chi connectivity index (χ1v) is 6.30. The van der Waals surface area contributed by atoms with E-state index in [0.717, 1.165) is 0 Å². The lowest BCUT2D eigenvalue weighted by Gasteiger charge is -2.15. The summed E-state index contributed by atoms with van der Waals surface area (Å²) in [4.78, 5) is 0.502. The average Bonchev–Trinajstić information content (AvgIpc) is 2.74. The number of halogens is 3. The van der Waals surface area contributed by atoms with E-state index in [9.17, 15) is 13.9 Å². The Balaban J connectivity index is 2.36. The maximum absolute atomic E-state index is 12.3. The normalized spacial score (nSPS) is 12.7. The van der Waals surface area contributed by atoms with Crippen LogP contribution >= 0.6 is 22.9 Å². The van der Waals surface area contributed by atoms with Crippen molar-refractivity contribution in [3.8, 4) is 5.75 Å². The number of hydrogen-bond donors (Lipinski definition) is 1. The lowest BCUT2D eigenvalue weighted by Crippen LogP contribution is -2.07. The van der Waals surface area contributed by atoms with Crippen molar-refractivity contribution in [3.63, 3.8) is 0 Å². The van der Waals surface area contributed by atoms with Gasteiger partial charge in [0.15, 0.2) is 0 Å². The van der Waals surface area contributed by atoms with Gasteiger partial charge in [0.05, 0.1) is 9.90 Å². The summed E-state index contributed by atoms with van der Waals surface area (Å²) in [7, 11) is 0. The van der Waals surface area contributed by atoms with Gasteiger partial charge in [0.2, 0.25) is 0 Å². The molecule has 18 heavy (non-hydrogen) atoms. The maximum atomic E-state index is 12.3. The molecule has 1 N–H and O–H groups in total. The van der Waals surface area contributed by atoms with Crippen molar-refractivity contribution in [2.45, 2.75) is 12.7 Å². The number of ether oxygens (including phenoxy) is 1. The van der Waals surface area contributed by atoms with Gasteiger partial charge < -0.3 is 9.84 Å². The maximum Gasteiger partial charge on any atom is 0.387 e. The Hall–Kier alpha value is -1.17. The molecule has 1 heterocycles. The number of rotatable bonds is 4. The minimum absolute atomic E-state index is 0.0514. The number of thiophene rings is 1. The summed E-state index contributed by atoms with van der Waals surface area (Å²) in [5.41, 5.74) is 0.266. The second-order valence-corrected chi connectivity index (χ2v) is 4.81. The second kappa shape index (κ2) is 5.65. The van der Waals surface area contributed by atoms with E-state index in [0.29, 0.717) is 9.90 Å². The Bertz CT molecular complexity index is 530. The van der Waals surface area contributed by atoms with Crippen molar-refractivity contribution in [2.75, 3.05) is 0 Å². The van der Waals surface area contributed by atoms with Crippen LogP contribution in [0.25, 0.3) is 0 Å². The number of aliphatic hydroxyl groups excluding tert-OH is 1. The molecule has 1 unspecified atom stereocenters. The fraction of sp³-hybridized carbons (Fsp3) is 0.167. The van der Waals surface area contributed by atoms with E-state index in [1.807, 2.05) is 0 Å². The molecule has 1 aromatic heterocycles. The van der Waals surface area contributed by atoms with Gasteiger partial charge in [-0.2, -0.15) is 8.78 Å². The number of aliphatic hydroxyl groups is 1. The van der Waals surface area contributed by atoms with Crippen molar-refractivity contribution >= 4 is 22.9 Å². The highest BCUT2D eigenvalue weighted by atomic mass is 35.5. The van der Waals surface area contributed by atoms with Gasteiger partial charge in [-0.25, -0.2) is 0 Å². The highest BCUT2D eigenvalue weighted by Crippen LogP contribution is 2.36. The van der Waals surface area contributed by atoms with Crippen LogP contribution in [0.3, 0.4) is 0 Å². The molecular weight excluding hydrogens is 282 g/mol. The van der Waals surface area contributed by atoms with Crippen molar-refractivity contribution in [1.82, 2.24) is 0 Å². The van der Waals surface area contributed by atoms with Gasteiger partial charge >= 0.3 is 6.61 Å². The monoisotopic (exact) mass is 290 g/mol. The van der Waals surface area contributed by atoms with Crippen LogP contribution in [0.1, 0.15) is 16.5 Å². The quantitative estimate of drug-likeness (QED) is 0.919. The fourth-order valence-corrected chi connectivity index (χ4v) is 2.71. The fourth-order valence-electron chi connectivity index (χ4n) is 1.55. The summed E-state index contributed by atoms with van der Waals surface area (Å²) >= 11 is 7.16. The van der Waals surface area contributed by atoms with Gasteiger partial charge in [0, 0.05) is 5.56 Å². The van der Waals surface area contributed by atoms with Crippen molar-refractivity contribution in [1.29, 1.82) is 0 Å². The first kappa shape index (κ1) is 13.3. The van der Waals surface area contributed by atoms with Crippen LogP contribution in [0, 0.1) is 0 Å². The van der Waals surface area contributed by atoms with Gasteiger partial charge in [-0.3, -0.25) is 0 Å². The summed E-state index contributed by atoms with van der Waals surface area (Å²) in [5, 5.41) is 12.3. The molecule has 0 aliphatic heterocycles. The summed E-state index contributed by atoms with van der Waals surface area (Å²) in [6.07, 6.45) is -1.08. The zero-order chi connectivity index (χ0) is 13.1. The summed E-state index contributed by atoms with van der Waals surface area (Å²) in [6, 6.07) is 7.74. The molecule has 1 aromatic carbocycles. The predicted molar refractivity (Wildman–Crippen MR) is 66.5 cm³/mol. The van der Waals surface area contributed by atoms with E-state index in [1.54, 1.807) is 23.6 Å². The largest absolute Gasteiger partial charge is 0.434 e. The molecule has 0 spiro atoms. The Morgan fingerprint density at radius 1 is 1.22 bits per heavy atom. The molecule has 0 saturated heterocycles. The number of alkyl halides is 2. The molecule has 0 aliphatic rings. The third kappa shape index (κ3) is 2.80. The number of hydrogen-bond acceptors (Lipinski definition) is 3. The van der Waals surface area contributed by atoms with E-state index < -0.39 is 12.7 Å². The van der Waals surface area contributed by atoms with Gasteiger partial charge in [0.1, 0.15) is 11.9 Å². The Kier molecular flexibility index (Phi) is 4.16. The van der Waals surface area contributed by atoms with Crippen LogP contribution in [0.2, 0.25) is 5.02 Å². The summed E-state index contributed by atoms with van der Waals surface area (Å²) in [5.74, 6) is -0.0514. The van der Waals surface area contributed by atoms with Crippen LogP contribution in [0.4, 0.5) is 8.78 Å². The highest BCUT2D eigenvalue weighted by molar-refractivity contribution is 7.10. The van der Waals surface area contributed by atoms with Gasteiger partial charge in [-0.05, 0) is 17.5 Å². The molecule has 2 aromatic rings. The SMILES string of the molecule is OC(c1ccccc1OC(F)F)c1sccc1Cl. The Labute approximate surface area is 111 Å². The lowest BCUT2D eigenvalue weighted by molar-refractivity contribution is -0.0512. The first-order chi connectivity index (χ1) is 8.59. The van der Waals surface area contributed by atoms with E-state index in [-0.39, 0.29) is 11.3 Å². The molecule has 0 radical (unpaired) electrons. The average molecular weight is 291 g/mol. The zero-order valence-corrected chi connectivity index (χ0v) is 10.6. The third-order valence-electron chi connectivity index (χ3n) is 2.32. The minimum atomic E-state index is -2.93. The second-order valence-electron chi connectivity index (χ2n) is 3.45. The molecular formula is C12H9ClF2O2S. The zero-order valence-electron chi connectivity index (χ0n) is 9.02. The highest BCUT2D eigenvalue weighted by Gasteiger charge is 2.20. The molecule has 96 valence electrons. The smallest absolute Gasteiger partial charge is 0.387 e. The Morgan fingerprint density at radius 3 is 2.56 bits per heavy atom. The van der Waals surface area contributed by atoms with Crippen molar-refractivity contribution in [3.05, 3.63) is 51.2 Å². The molecule has 1 atom stereocenters. The van der Waals surface area contributed by atoms with Gasteiger partial charge in [0.25, 0.3) is 0 Å². The van der Waals surface area contributed by atoms with E-state index in [1.165, 1.54) is 23.5 Å². The van der Waals surface area contributed by atoms with E-state index in [4.69, 9.17) is 11.6 Å². The summed E-state index contributed by atoms with van der Waals surface area (Å²) < 4.78 is 28.9. The molecule has 6 heteroatoms. The minimum Gasteiger partial charge on any atom is -0.434 e. The Morgan fingerprint density at radius 2 is 1.94 bits per heavy atom. The molecule has 2 nitrogen and oxygen atoms in total. The van der Waals surface area contributed by atoms with E-state index >= 15 is 0 Å². The van der Waals surface area contributed by atoms with Crippen LogP contribution in [0.15, 0.2) is 35.7 Å². The molecule has 0 saturated carbocycles. The van der Waals surface area contributed by atoms with Crippen LogP contribution in [-0.2, 0) is 0 Å². The standard InChI is InChI=1S/C12H9ClF2O2S/c13-8-5-6-18-11(8)10(16)7-3-1-2-4-9(7)17-12(14)15/h1-6,10,12,16H. The van der Waals surface area contributed by atoms with Crippen LogP contribution in [0.5, 0.6) is 5.75 Å². The lowest BCUT2D eigenvalue weighted by atomic mass is 10.1. The summed E-state index contributed by atoms with van der Waals surface area (Å²) in [6.45, 7) is -2.93. The first-order valence-electron chi connectivity index (χ1n) is 5.04. The number of para-hydroxylation sites is 1. The van der Waals surface area contributed by atoms with Crippen LogP contribution < -0.4 is 4.74 Å². The van der Waals surface area contributed by atoms with Crippen molar-refractivity contribution in [2.24, 2.45) is 0 Å². The molecule has 0 bridgehead atoms. The van der Waals surface area contributed by atoms with Crippen molar-refractivity contribution < 1.29 is 18.6 Å². The van der Waals surface area contributed by atoms with E-state index in [2.05, 4.69) is 4.74 Å². The predicted octanol–water partition coefficient (Wildman–Crippen LogP) is 4.08. The van der Waals surface area contributed by atoms with Crippen LogP contribution in [-0.4, -0.2) is 11.7 Å². The molecule has 2 rings (SSSR count). The molecule has 0 amide bonds. The number of benzene rings is 1. The molecule has 0 fully saturated rings. The third-order valence-corrected chi connectivity index (χ3v) is 3.73. The van der Waals surface area contributed by atoms with Gasteiger partial charge in [-0.1, -0.05) is 29.8 Å². The molecule has 0 aliphatic carbocycles. The topological polar surface area (TPSA) is 29.5 Å².